The quantitative estimate of drug-likeness (QED) is 0.601. The molecule has 1 aromatic rings. The van der Waals surface area contributed by atoms with Gasteiger partial charge in [0.25, 0.3) is 0 Å². The van der Waals surface area contributed by atoms with E-state index in [1.54, 1.807) is 17.0 Å². The van der Waals surface area contributed by atoms with Crippen LogP contribution >= 0.6 is 11.6 Å². The standard InChI is InChI=1S/C20H28ClNO5.C2H6/c1-20(2,3)27-19(24)22-11-9-15(10-12-22)18(26-13-17(23)25-4)14-5-7-16(21)8-6-14;1-2/h5-8,15,18H,9-13H2,1-4H3;1-2H3. The van der Waals surface area contributed by atoms with Crippen molar-refractivity contribution < 1.29 is 23.8 Å². The highest BCUT2D eigenvalue weighted by Gasteiger charge is 2.32. The Morgan fingerprint density at radius 1 is 1.14 bits per heavy atom. The fourth-order valence-corrected chi connectivity index (χ4v) is 3.21. The van der Waals surface area contributed by atoms with Crippen LogP contribution in [0.1, 0.15) is 59.1 Å². The molecule has 6 nitrogen and oxygen atoms in total. The third-order valence-electron chi connectivity index (χ3n) is 4.43. The molecule has 0 aliphatic carbocycles. The molecule has 1 aromatic carbocycles. The van der Waals surface area contributed by atoms with Crippen molar-refractivity contribution in [2.75, 3.05) is 26.8 Å². The Morgan fingerprint density at radius 2 is 1.69 bits per heavy atom. The molecule has 2 rings (SSSR count). The average Bonchev–Trinajstić information content (AvgIpc) is 2.70. The number of carbonyl (C=O) groups excluding carboxylic acids is 2. The van der Waals surface area contributed by atoms with Gasteiger partial charge < -0.3 is 19.1 Å². The van der Waals surface area contributed by atoms with Crippen molar-refractivity contribution in [1.82, 2.24) is 4.90 Å². The van der Waals surface area contributed by atoms with Crippen molar-refractivity contribution in [3.8, 4) is 0 Å². The van der Waals surface area contributed by atoms with Crippen LogP contribution in [0.15, 0.2) is 24.3 Å². The first-order valence-electron chi connectivity index (χ1n) is 10.1. The smallest absolute Gasteiger partial charge is 0.410 e. The van der Waals surface area contributed by atoms with Crippen LogP contribution in [-0.2, 0) is 19.0 Å². The zero-order chi connectivity index (χ0) is 22.0. The van der Waals surface area contributed by atoms with E-state index in [0.717, 1.165) is 18.4 Å². The van der Waals surface area contributed by atoms with Crippen LogP contribution in [0.25, 0.3) is 0 Å². The molecule has 1 atom stereocenters. The van der Waals surface area contributed by atoms with E-state index in [2.05, 4.69) is 4.74 Å². The summed E-state index contributed by atoms with van der Waals surface area (Å²) in [5.74, 6) is -0.241. The lowest BCUT2D eigenvalue weighted by Crippen LogP contribution is -2.42. The number of ether oxygens (including phenoxy) is 3. The minimum atomic E-state index is -0.511. The third-order valence-corrected chi connectivity index (χ3v) is 4.68. The molecule has 1 amide bonds. The Kier molecular flexibility index (Phi) is 10.5. The van der Waals surface area contributed by atoms with Gasteiger partial charge in [-0.25, -0.2) is 9.59 Å². The maximum absolute atomic E-state index is 12.2. The van der Waals surface area contributed by atoms with E-state index in [1.165, 1.54) is 7.11 Å². The van der Waals surface area contributed by atoms with Crippen LogP contribution in [-0.4, -0.2) is 49.4 Å². The first kappa shape index (κ1) is 25.2. The summed E-state index contributed by atoms with van der Waals surface area (Å²) < 4.78 is 16.0. The number of piperidine rings is 1. The van der Waals surface area contributed by atoms with Gasteiger partial charge in [-0.2, -0.15) is 0 Å². The lowest BCUT2D eigenvalue weighted by Gasteiger charge is -2.36. The SMILES string of the molecule is CC.COC(=O)COC(c1ccc(Cl)cc1)C1CCN(C(=O)OC(C)(C)C)CC1. The summed E-state index contributed by atoms with van der Waals surface area (Å²) >= 11 is 5.99. The third kappa shape index (κ3) is 8.62. The molecule has 1 aliphatic rings. The Hall–Kier alpha value is -1.79. The van der Waals surface area contributed by atoms with Crippen molar-refractivity contribution in [3.05, 3.63) is 34.9 Å². The number of likely N-dealkylation sites (tertiary alicyclic amines) is 1. The molecule has 0 bridgehead atoms. The Morgan fingerprint density at radius 3 is 2.17 bits per heavy atom. The number of methoxy groups -OCH3 is 1. The predicted octanol–water partition coefficient (Wildman–Crippen LogP) is 5.24. The summed E-state index contributed by atoms with van der Waals surface area (Å²) in [6.45, 7) is 10.6. The first-order valence-corrected chi connectivity index (χ1v) is 10.5. The molecular weight excluding hydrogens is 394 g/mol. The highest BCUT2D eigenvalue weighted by molar-refractivity contribution is 6.30. The van der Waals surface area contributed by atoms with E-state index in [0.29, 0.717) is 18.1 Å². The molecular formula is C22H34ClNO5. The summed E-state index contributed by atoms with van der Waals surface area (Å²) in [5.41, 5.74) is 0.447. The van der Waals surface area contributed by atoms with E-state index in [1.807, 2.05) is 46.8 Å². The van der Waals surface area contributed by atoms with E-state index in [-0.39, 0.29) is 24.7 Å². The number of nitrogens with zero attached hydrogens (tertiary/aromatic N) is 1. The van der Waals surface area contributed by atoms with Gasteiger partial charge >= 0.3 is 12.1 Å². The van der Waals surface area contributed by atoms with Crippen molar-refractivity contribution in [1.29, 1.82) is 0 Å². The summed E-state index contributed by atoms with van der Waals surface area (Å²) in [6, 6.07) is 7.43. The van der Waals surface area contributed by atoms with E-state index < -0.39 is 11.6 Å². The van der Waals surface area contributed by atoms with Crippen molar-refractivity contribution in [2.24, 2.45) is 5.92 Å². The normalized spacial score (nSPS) is 15.8. The summed E-state index contributed by atoms with van der Waals surface area (Å²) in [7, 11) is 1.34. The monoisotopic (exact) mass is 427 g/mol. The average molecular weight is 428 g/mol. The number of carbonyl (C=O) groups is 2. The zero-order valence-corrected chi connectivity index (χ0v) is 19.1. The number of amides is 1. The molecule has 29 heavy (non-hydrogen) atoms. The second-order valence-corrected chi connectivity index (χ2v) is 8.10. The summed E-state index contributed by atoms with van der Waals surface area (Å²) in [4.78, 5) is 25.5. The Labute approximate surface area is 179 Å². The molecule has 0 aromatic heterocycles. The molecule has 1 fully saturated rings. The van der Waals surface area contributed by atoms with Gasteiger partial charge in [0, 0.05) is 18.1 Å². The lowest BCUT2D eigenvalue weighted by molar-refractivity contribution is -0.149. The molecule has 1 unspecified atom stereocenters. The summed E-state index contributed by atoms with van der Waals surface area (Å²) in [6.07, 6.45) is 0.961. The number of rotatable bonds is 5. The van der Waals surface area contributed by atoms with Gasteiger partial charge in [-0.05, 0) is 57.2 Å². The molecule has 1 aliphatic heterocycles. The molecule has 1 saturated heterocycles. The molecule has 164 valence electrons. The van der Waals surface area contributed by atoms with Gasteiger partial charge in [0.1, 0.15) is 12.2 Å². The number of hydrogen-bond acceptors (Lipinski definition) is 5. The van der Waals surface area contributed by atoms with Crippen LogP contribution in [0.2, 0.25) is 5.02 Å². The van der Waals surface area contributed by atoms with Crippen molar-refractivity contribution in [2.45, 2.75) is 59.2 Å². The number of halogens is 1. The molecule has 1 heterocycles. The van der Waals surface area contributed by atoms with Crippen LogP contribution < -0.4 is 0 Å². The molecule has 0 saturated carbocycles. The van der Waals surface area contributed by atoms with Crippen LogP contribution in [0.5, 0.6) is 0 Å². The second kappa shape index (κ2) is 12.0. The van der Waals surface area contributed by atoms with E-state index >= 15 is 0 Å². The van der Waals surface area contributed by atoms with Gasteiger partial charge in [-0.15, -0.1) is 0 Å². The van der Waals surface area contributed by atoms with Gasteiger partial charge in [0.05, 0.1) is 13.2 Å². The minimum Gasteiger partial charge on any atom is -0.467 e. The van der Waals surface area contributed by atoms with Gasteiger partial charge in [0.15, 0.2) is 0 Å². The maximum atomic E-state index is 12.2. The molecule has 0 spiro atoms. The topological polar surface area (TPSA) is 65.1 Å². The highest BCUT2D eigenvalue weighted by atomic mass is 35.5. The van der Waals surface area contributed by atoms with Crippen molar-refractivity contribution in [3.63, 3.8) is 0 Å². The predicted molar refractivity (Wildman–Crippen MR) is 114 cm³/mol. The second-order valence-electron chi connectivity index (χ2n) is 7.66. The fraction of sp³-hybridized carbons (Fsp3) is 0.636. The fourth-order valence-electron chi connectivity index (χ4n) is 3.08. The zero-order valence-electron chi connectivity index (χ0n) is 18.4. The Bertz CT molecular complexity index is 634. The lowest BCUT2D eigenvalue weighted by atomic mass is 9.87. The van der Waals surface area contributed by atoms with Gasteiger partial charge in [-0.3, -0.25) is 0 Å². The Balaban J connectivity index is 0.00000204. The minimum absolute atomic E-state index is 0.115. The van der Waals surface area contributed by atoms with Gasteiger partial charge in [0.2, 0.25) is 0 Å². The number of esters is 1. The van der Waals surface area contributed by atoms with Crippen LogP contribution in [0.3, 0.4) is 0 Å². The highest BCUT2D eigenvalue weighted by Crippen LogP contribution is 2.34. The van der Waals surface area contributed by atoms with E-state index in [9.17, 15) is 9.59 Å². The van der Waals surface area contributed by atoms with E-state index in [4.69, 9.17) is 21.1 Å². The molecule has 0 radical (unpaired) electrons. The molecule has 0 N–H and O–H groups in total. The first-order chi connectivity index (χ1) is 13.7. The van der Waals surface area contributed by atoms with Crippen LogP contribution in [0, 0.1) is 5.92 Å². The summed E-state index contributed by atoms with van der Waals surface area (Å²) in [5, 5.41) is 0.644. The largest absolute Gasteiger partial charge is 0.467 e. The van der Waals surface area contributed by atoms with Gasteiger partial charge in [-0.1, -0.05) is 37.6 Å². The molecule has 7 heteroatoms. The van der Waals surface area contributed by atoms with Crippen LogP contribution in [0.4, 0.5) is 4.79 Å². The number of hydrogen-bond donors (Lipinski definition) is 0. The number of benzene rings is 1. The maximum Gasteiger partial charge on any atom is 0.410 e. The van der Waals surface area contributed by atoms with Crippen molar-refractivity contribution >= 4 is 23.7 Å².